The Kier molecular flexibility index (Phi) is 8.31. The van der Waals surface area contributed by atoms with Crippen LogP contribution < -0.4 is 26.4 Å². The number of anilines is 2. The first kappa shape index (κ1) is 27.1. The van der Waals surface area contributed by atoms with Crippen LogP contribution in [0.4, 0.5) is 11.4 Å². The van der Waals surface area contributed by atoms with Gasteiger partial charge in [-0.05, 0) is 86.1 Å². The second-order valence-electron chi connectivity index (χ2n) is 9.48. The van der Waals surface area contributed by atoms with Crippen molar-refractivity contribution < 1.29 is 19.1 Å². The molecular weight excluding hydrogens is 502 g/mol. The number of nitrogens with zero attached hydrogens (tertiary/aromatic N) is 2. The third-order valence-electron chi connectivity index (χ3n) is 6.86. The van der Waals surface area contributed by atoms with E-state index in [0.29, 0.717) is 23.6 Å². The van der Waals surface area contributed by atoms with E-state index in [-0.39, 0.29) is 28.2 Å². The van der Waals surface area contributed by atoms with Crippen molar-refractivity contribution in [2.24, 2.45) is 5.73 Å². The van der Waals surface area contributed by atoms with Gasteiger partial charge in [0.15, 0.2) is 5.69 Å². The number of hydrogen-bond donors (Lipinski definition) is 3. The van der Waals surface area contributed by atoms with Crippen molar-refractivity contribution >= 4 is 40.6 Å². The fourth-order valence-electron chi connectivity index (χ4n) is 4.68. The highest BCUT2D eigenvalue weighted by Gasteiger charge is 2.37. The van der Waals surface area contributed by atoms with Crippen molar-refractivity contribution in [2.75, 3.05) is 17.2 Å². The van der Waals surface area contributed by atoms with Gasteiger partial charge in [-0.15, -0.1) is 0 Å². The van der Waals surface area contributed by atoms with Crippen LogP contribution in [0.1, 0.15) is 75.5 Å². The number of nitrogen functional groups attached to an aromatic ring is 1. The zero-order valence-corrected chi connectivity index (χ0v) is 22.6. The van der Waals surface area contributed by atoms with Gasteiger partial charge in [-0.25, -0.2) is 0 Å². The predicted octanol–water partition coefficient (Wildman–Crippen LogP) is 4.29. The van der Waals surface area contributed by atoms with Crippen LogP contribution in [-0.2, 0) is 4.79 Å². The highest BCUT2D eigenvalue weighted by atomic mass is 32.1. The first-order valence-corrected chi connectivity index (χ1v) is 13.5. The Balaban J connectivity index is 1.86. The molecule has 200 valence electrons. The lowest BCUT2D eigenvalue weighted by Crippen LogP contribution is -2.46. The molecule has 0 radical (unpaired) electrons. The van der Waals surface area contributed by atoms with Crippen LogP contribution in [-0.4, -0.2) is 34.7 Å². The Morgan fingerprint density at radius 1 is 1.11 bits per heavy atom. The zero-order valence-electron chi connectivity index (χ0n) is 21.8. The summed E-state index contributed by atoms with van der Waals surface area (Å²) in [5, 5.41) is 3.16. The van der Waals surface area contributed by atoms with Gasteiger partial charge in [-0.1, -0.05) is 31.0 Å². The second kappa shape index (κ2) is 11.6. The molecule has 38 heavy (non-hydrogen) atoms. The Morgan fingerprint density at radius 2 is 1.79 bits per heavy atom. The maximum Gasteiger partial charge on any atom is 0.273 e. The van der Waals surface area contributed by atoms with Crippen LogP contribution in [0.3, 0.4) is 0 Å². The summed E-state index contributed by atoms with van der Waals surface area (Å²) in [7, 11) is 0. The average Bonchev–Trinajstić information content (AvgIpc) is 3.54. The summed E-state index contributed by atoms with van der Waals surface area (Å²) in [6.45, 7) is 6.32. The molecule has 10 heteroatoms. The molecule has 1 atom stereocenters. The van der Waals surface area contributed by atoms with Gasteiger partial charge in [0.2, 0.25) is 5.91 Å². The molecular formula is C28H33N5O4S. The van der Waals surface area contributed by atoms with Crippen molar-refractivity contribution in [2.45, 2.75) is 58.5 Å². The van der Waals surface area contributed by atoms with Gasteiger partial charge >= 0.3 is 0 Å². The monoisotopic (exact) mass is 535 g/mol. The molecule has 0 spiro atoms. The van der Waals surface area contributed by atoms with Crippen LogP contribution in [0.15, 0.2) is 42.5 Å². The number of ether oxygens (including phenoxy) is 1. The number of nitrogens with one attached hydrogen (secondary N) is 1. The Hall–Kier alpha value is -3.92. The van der Waals surface area contributed by atoms with Crippen molar-refractivity contribution in [3.05, 3.63) is 69.7 Å². The van der Waals surface area contributed by atoms with Crippen LogP contribution >= 0.6 is 11.5 Å². The van der Waals surface area contributed by atoms with Gasteiger partial charge in [0.1, 0.15) is 16.7 Å². The zero-order chi connectivity index (χ0) is 27.4. The highest BCUT2D eigenvalue weighted by Crippen LogP contribution is 2.35. The lowest BCUT2D eigenvalue weighted by atomic mass is 10.0. The third kappa shape index (κ3) is 5.65. The molecule has 1 aliphatic rings. The summed E-state index contributed by atoms with van der Waals surface area (Å²) >= 11 is 0.790. The minimum absolute atomic E-state index is 0.0411. The molecule has 0 saturated heterocycles. The van der Waals surface area contributed by atoms with E-state index >= 15 is 0 Å². The molecule has 3 amide bonds. The molecule has 0 bridgehead atoms. The molecule has 1 heterocycles. The minimum Gasteiger partial charge on any atom is -0.494 e. The van der Waals surface area contributed by atoms with Crippen molar-refractivity contribution in [1.29, 1.82) is 0 Å². The first-order chi connectivity index (χ1) is 18.2. The summed E-state index contributed by atoms with van der Waals surface area (Å²) in [4.78, 5) is 41.4. The number of aryl methyl sites for hydroxylation is 2. The van der Waals surface area contributed by atoms with Crippen molar-refractivity contribution in [3.63, 3.8) is 0 Å². The lowest BCUT2D eigenvalue weighted by Gasteiger charge is -2.32. The number of aromatic nitrogens is 1. The number of rotatable bonds is 9. The molecule has 4 rings (SSSR count). The number of carbonyl (C=O) groups excluding carboxylic acids is 3. The smallest absolute Gasteiger partial charge is 0.273 e. The first-order valence-electron chi connectivity index (χ1n) is 12.7. The minimum atomic E-state index is -1.01. The van der Waals surface area contributed by atoms with E-state index in [4.69, 9.17) is 16.2 Å². The maximum atomic E-state index is 14.2. The van der Waals surface area contributed by atoms with E-state index in [1.54, 1.807) is 30.3 Å². The standard InChI is InChI=1S/C28H33N5O4S/c1-4-37-21-13-10-18(11-14-21)24(27(35)31-19-7-5-6-8-19)33(20-12-9-16(2)17(3)15-20)28(36)25-22(29)23(26(30)34)32-38-25/h9-15,19,24H,4-8,29H2,1-3H3,(H2,30,34)(H,31,35). The van der Waals surface area contributed by atoms with Gasteiger partial charge in [0.05, 0.1) is 12.3 Å². The van der Waals surface area contributed by atoms with Crippen molar-refractivity contribution in [1.82, 2.24) is 9.69 Å². The normalized spacial score (nSPS) is 14.2. The summed E-state index contributed by atoms with van der Waals surface area (Å²) in [6.07, 6.45) is 3.88. The summed E-state index contributed by atoms with van der Waals surface area (Å²) in [5.41, 5.74) is 14.4. The molecule has 0 aliphatic heterocycles. The quantitative estimate of drug-likeness (QED) is 0.373. The fourth-order valence-corrected chi connectivity index (χ4v) is 5.42. The Labute approximate surface area is 226 Å². The molecule has 1 saturated carbocycles. The topological polar surface area (TPSA) is 141 Å². The molecule has 1 fully saturated rings. The van der Waals surface area contributed by atoms with Crippen LogP contribution in [0.25, 0.3) is 0 Å². The highest BCUT2D eigenvalue weighted by molar-refractivity contribution is 7.09. The lowest BCUT2D eigenvalue weighted by molar-refractivity contribution is -0.123. The van der Waals surface area contributed by atoms with E-state index in [2.05, 4.69) is 9.69 Å². The van der Waals surface area contributed by atoms with Crippen LogP contribution in [0.2, 0.25) is 0 Å². The van der Waals surface area contributed by atoms with Gasteiger partial charge < -0.3 is 21.5 Å². The van der Waals surface area contributed by atoms with Crippen LogP contribution in [0.5, 0.6) is 5.75 Å². The summed E-state index contributed by atoms with van der Waals surface area (Å²) < 4.78 is 9.61. The van der Waals surface area contributed by atoms with Gasteiger partial charge in [-0.3, -0.25) is 19.3 Å². The Bertz CT molecular complexity index is 1330. The maximum absolute atomic E-state index is 14.2. The van der Waals surface area contributed by atoms with E-state index in [0.717, 1.165) is 48.3 Å². The van der Waals surface area contributed by atoms with Gasteiger partial charge in [0, 0.05) is 11.7 Å². The number of hydrogen-bond acceptors (Lipinski definition) is 7. The molecule has 2 aromatic carbocycles. The van der Waals surface area contributed by atoms with E-state index in [1.165, 1.54) is 4.90 Å². The fraction of sp³-hybridized carbons (Fsp3) is 0.357. The summed E-state index contributed by atoms with van der Waals surface area (Å²) in [6, 6.07) is 11.7. The SMILES string of the molecule is CCOc1ccc(C(C(=O)NC2CCCC2)N(C(=O)c2snc(C(N)=O)c2N)c2ccc(C)c(C)c2)cc1. The number of benzene rings is 2. The summed E-state index contributed by atoms with van der Waals surface area (Å²) in [5.74, 6) is -1.01. The molecule has 5 N–H and O–H groups in total. The molecule has 9 nitrogen and oxygen atoms in total. The van der Waals surface area contributed by atoms with Gasteiger partial charge in [0.25, 0.3) is 11.8 Å². The third-order valence-corrected chi connectivity index (χ3v) is 7.71. The second-order valence-corrected chi connectivity index (χ2v) is 10.2. The number of nitrogens with two attached hydrogens (primary N) is 2. The average molecular weight is 536 g/mol. The molecule has 3 aromatic rings. The van der Waals surface area contributed by atoms with E-state index in [9.17, 15) is 14.4 Å². The molecule has 1 aromatic heterocycles. The van der Waals surface area contributed by atoms with E-state index in [1.807, 2.05) is 32.9 Å². The molecule has 1 unspecified atom stereocenters. The largest absolute Gasteiger partial charge is 0.494 e. The number of primary amides is 1. The molecule has 1 aliphatic carbocycles. The van der Waals surface area contributed by atoms with Gasteiger partial charge in [-0.2, -0.15) is 4.37 Å². The predicted molar refractivity (Wildman–Crippen MR) is 149 cm³/mol. The van der Waals surface area contributed by atoms with Crippen LogP contribution in [0, 0.1) is 13.8 Å². The van der Waals surface area contributed by atoms with E-state index < -0.39 is 17.9 Å². The van der Waals surface area contributed by atoms with Crippen molar-refractivity contribution in [3.8, 4) is 5.75 Å². The number of amides is 3. The number of carbonyl (C=O) groups is 3. The Morgan fingerprint density at radius 3 is 2.37 bits per heavy atom.